The summed E-state index contributed by atoms with van der Waals surface area (Å²) in [5.41, 5.74) is 0.238. The van der Waals surface area contributed by atoms with Crippen LogP contribution in [0.1, 0.15) is 4.88 Å². The molecule has 1 heterocycles. The van der Waals surface area contributed by atoms with Crippen LogP contribution in [0.5, 0.6) is 0 Å². The van der Waals surface area contributed by atoms with Crippen LogP contribution in [0.2, 0.25) is 0 Å². The van der Waals surface area contributed by atoms with Gasteiger partial charge in [-0.15, -0.1) is 11.3 Å². The Morgan fingerprint density at radius 2 is 2.00 bits per heavy atom. The average molecular weight is 445 g/mol. The number of thiophene rings is 1. The van der Waals surface area contributed by atoms with Crippen molar-refractivity contribution in [3.8, 4) is 0 Å². The molecule has 1 aromatic carbocycles. The first-order valence-electron chi connectivity index (χ1n) is 5.20. The van der Waals surface area contributed by atoms with Gasteiger partial charge in [-0.05, 0) is 56.1 Å². The Bertz CT molecular complexity index is 746. The van der Waals surface area contributed by atoms with Crippen LogP contribution in [0.15, 0.2) is 37.4 Å². The van der Waals surface area contributed by atoms with Crippen molar-refractivity contribution in [2.24, 2.45) is 0 Å². The van der Waals surface area contributed by atoms with Crippen LogP contribution in [0.4, 0.5) is 10.1 Å². The van der Waals surface area contributed by atoms with E-state index in [0.29, 0.717) is 8.66 Å². The second-order valence-corrected chi connectivity index (χ2v) is 8.70. The van der Waals surface area contributed by atoms with Crippen LogP contribution >= 0.6 is 43.2 Å². The minimum absolute atomic E-state index is 0.0343. The number of anilines is 1. The topological polar surface area (TPSA) is 66.4 Å². The first-order chi connectivity index (χ1) is 9.33. The minimum Gasteiger partial charge on any atom is -0.391 e. The molecule has 0 amide bonds. The fourth-order valence-corrected chi connectivity index (χ4v) is 5.40. The maximum Gasteiger partial charge on any atom is 0.263 e. The van der Waals surface area contributed by atoms with Gasteiger partial charge in [0.1, 0.15) is 10.7 Å². The number of aliphatic hydroxyl groups excluding tert-OH is 1. The van der Waals surface area contributed by atoms with E-state index in [1.165, 1.54) is 18.2 Å². The summed E-state index contributed by atoms with van der Waals surface area (Å²) in [4.78, 5) is 0.560. The second kappa shape index (κ2) is 6.10. The highest BCUT2D eigenvalue weighted by Crippen LogP contribution is 2.33. The normalized spacial score (nSPS) is 11.6. The summed E-state index contributed by atoms with van der Waals surface area (Å²) in [5.74, 6) is -0.479. The van der Waals surface area contributed by atoms with Gasteiger partial charge < -0.3 is 5.11 Å². The molecular weight excluding hydrogens is 437 g/mol. The maximum atomic E-state index is 13.1. The average Bonchev–Trinajstić information content (AvgIpc) is 2.76. The third-order valence-electron chi connectivity index (χ3n) is 2.32. The molecule has 0 aliphatic heterocycles. The molecule has 20 heavy (non-hydrogen) atoms. The van der Waals surface area contributed by atoms with Crippen molar-refractivity contribution in [3.63, 3.8) is 0 Å². The Morgan fingerprint density at radius 3 is 2.55 bits per heavy atom. The fraction of sp³-hybridized carbons (Fsp3) is 0.0909. The van der Waals surface area contributed by atoms with Crippen molar-refractivity contribution in [1.82, 2.24) is 0 Å². The van der Waals surface area contributed by atoms with Crippen LogP contribution < -0.4 is 4.72 Å². The fourth-order valence-electron chi connectivity index (χ4n) is 1.43. The van der Waals surface area contributed by atoms with Crippen molar-refractivity contribution in [2.45, 2.75) is 11.5 Å². The summed E-state index contributed by atoms with van der Waals surface area (Å²) in [6.45, 7) is -0.235. The molecular formula is C11H8Br2FNO3S2. The zero-order chi connectivity index (χ0) is 14.9. The van der Waals surface area contributed by atoms with E-state index in [0.717, 1.165) is 17.4 Å². The van der Waals surface area contributed by atoms with Gasteiger partial charge in [-0.1, -0.05) is 0 Å². The number of nitrogens with one attached hydrogen (secondary N) is 1. The standard InChI is InChI=1S/C11H8Br2FNO3S2/c12-8-3-6(1-2-9(8)14)15-20(17,18)10-4-7(5-16)19-11(10)13/h1-4,15-16H,5H2. The lowest BCUT2D eigenvalue weighted by Gasteiger charge is -2.07. The van der Waals surface area contributed by atoms with Crippen molar-refractivity contribution >= 4 is 58.9 Å². The Kier molecular flexibility index (Phi) is 4.85. The first kappa shape index (κ1) is 15.9. The van der Waals surface area contributed by atoms with Gasteiger partial charge in [-0.25, -0.2) is 12.8 Å². The number of hydrogen-bond acceptors (Lipinski definition) is 4. The SMILES string of the molecule is O=S(=O)(Nc1ccc(F)c(Br)c1)c1cc(CO)sc1Br. The number of halogens is 3. The molecule has 4 nitrogen and oxygen atoms in total. The Hall–Kier alpha value is -0.480. The van der Waals surface area contributed by atoms with E-state index in [4.69, 9.17) is 5.11 Å². The molecule has 0 radical (unpaired) electrons. The maximum absolute atomic E-state index is 13.1. The van der Waals surface area contributed by atoms with E-state index >= 15 is 0 Å². The van der Waals surface area contributed by atoms with E-state index in [2.05, 4.69) is 36.6 Å². The predicted octanol–water partition coefficient (Wildman–Crippen LogP) is 3.71. The Morgan fingerprint density at radius 1 is 1.30 bits per heavy atom. The van der Waals surface area contributed by atoms with Gasteiger partial charge in [0.05, 0.1) is 20.6 Å². The van der Waals surface area contributed by atoms with Crippen LogP contribution in [0.25, 0.3) is 0 Å². The second-order valence-electron chi connectivity index (χ2n) is 3.74. The molecule has 0 aliphatic carbocycles. The summed E-state index contributed by atoms with van der Waals surface area (Å²) in [5, 5.41) is 9.02. The molecule has 0 atom stereocenters. The zero-order valence-corrected chi connectivity index (χ0v) is 14.5. The molecule has 2 rings (SSSR count). The van der Waals surface area contributed by atoms with E-state index < -0.39 is 15.8 Å². The van der Waals surface area contributed by atoms with E-state index in [1.54, 1.807) is 0 Å². The summed E-state index contributed by atoms with van der Waals surface area (Å²) >= 11 is 7.28. The molecule has 2 aromatic rings. The molecule has 0 saturated heterocycles. The number of hydrogen-bond donors (Lipinski definition) is 2. The summed E-state index contributed by atoms with van der Waals surface area (Å²) < 4.78 is 40.5. The molecule has 0 unspecified atom stereocenters. The lowest BCUT2D eigenvalue weighted by Crippen LogP contribution is -2.12. The van der Waals surface area contributed by atoms with Crippen LogP contribution in [0.3, 0.4) is 0 Å². The summed E-state index contributed by atoms with van der Waals surface area (Å²) in [7, 11) is -3.80. The molecule has 0 bridgehead atoms. The lowest BCUT2D eigenvalue weighted by atomic mass is 10.3. The molecule has 0 spiro atoms. The molecule has 1 aromatic heterocycles. The predicted molar refractivity (Wildman–Crippen MR) is 82.9 cm³/mol. The Labute approximate surface area is 135 Å². The highest BCUT2D eigenvalue weighted by atomic mass is 79.9. The monoisotopic (exact) mass is 443 g/mol. The number of sulfonamides is 1. The van der Waals surface area contributed by atoms with Gasteiger partial charge in [0.15, 0.2) is 0 Å². The quantitative estimate of drug-likeness (QED) is 0.755. The van der Waals surface area contributed by atoms with Gasteiger partial charge in [-0.2, -0.15) is 0 Å². The Balaban J connectivity index is 2.35. The molecule has 0 fully saturated rings. The molecule has 2 N–H and O–H groups in total. The van der Waals surface area contributed by atoms with Crippen molar-refractivity contribution in [2.75, 3.05) is 4.72 Å². The lowest BCUT2D eigenvalue weighted by molar-refractivity contribution is 0.285. The van der Waals surface area contributed by atoms with Gasteiger partial charge in [-0.3, -0.25) is 4.72 Å². The van der Waals surface area contributed by atoms with Crippen LogP contribution in [-0.4, -0.2) is 13.5 Å². The zero-order valence-electron chi connectivity index (χ0n) is 9.73. The van der Waals surface area contributed by atoms with Gasteiger partial charge in [0, 0.05) is 4.88 Å². The highest BCUT2D eigenvalue weighted by molar-refractivity contribution is 9.11. The molecule has 0 aliphatic rings. The van der Waals surface area contributed by atoms with Gasteiger partial charge >= 0.3 is 0 Å². The van der Waals surface area contributed by atoms with Gasteiger partial charge in [0.2, 0.25) is 0 Å². The van der Waals surface area contributed by atoms with E-state index in [1.807, 2.05) is 0 Å². The smallest absolute Gasteiger partial charge is 0.263 e. The first-order valence-corrected chi connectivity index (χ1v) is 9.09. The van der Waals surface area contributed by atoms with Crippen molar-refractivity contribution in [3.05, 3.63) is 43.2 Å². The van der Waals surface area contributed by atoms with Crippen LogP contribution in [-0.2, 0) is 16.6 Å². The number of rotatable bonds is 4. The largest absolute Gasteiger partial charge is 0.391 e. The van der Waals surface area contributed by atoms with Gasteiger partial charge in [0.25, 0.3) is 10.0 Å². The van der Waals surface area contributed by atoms with E-state index in [-0.39, 0.29) is 21.7 Å². The molecule has 9 heteroatoms. The summed E-state index contributed by atoms with van der Waals surface area (Å²) in [6, 6.07) is 5.20. The third-order valence-corrected chi connectivity index (χ3v) is 6.55. The minimum atomic E-state index is -3.80. The van der Waals surface area contributed by atoms with Crippen molar-refractivity contribution in [1.29, 1.82) is 0 Å². The van der Waals surface area contributed by atoms with E-state index in [9.17, 15) is 12.8 Å². The number of benzene rings is 1. The number of aliphatic hydroxyl groups is 1. The van der Waals surface area contributed by atoms with Crippen molar-refractivity contribution < 1.29 is 17.9 Å². The highest BCUT2D eigenvalue weighted by Gasteiger charge is 2.21. The molecule has 108 valence electrons. The third kappa shape index (κ3) is 3.40. The molecule has 0 saturated carbocycles. The van der Waals surface area contributed by atoms with Crippen LogP contribution in [0, 0.1) is 5.82 Å². The summed E-state index contributed by atoms with van der Waals surface area (Å²) in [6.07, 6.45) is 0.